The first-order valence-corrected chi connectivity index (χ1v) is 6.73. The topological polar surface area (TPSA) is 93.4 Å². The van der Waals surface area contributed by atoms with Gasteiger partial charge in [0.05, 0.1) is 13.2 Å². The molecule has 0 unspecified atom stereocenters. The molecule has 1 fully saturated rings. The predicted octanol–water partition coefficient (Wildman–Crippen LogP) is 0.441. The van der Waals surface area contributed by atoms with Crippen molar-refractivity contribution in [3.63, 3.8) is 0 Å². The van der Waals surface area contributed by atoms with E-state index in [2.05, 4.69) is 15.5 Å². The van der Waals surface area contributed by atoms with E-state index in [-0.39, 0.29) is 12.1 Å². The van der Waals surface area contributed by atoms with Crippen LogP contribution in [0.25, 0.3) is 0 Å². The Bertz CT molecular complexity index is 411. The van der Waals surface area contributed by atoms with Crippen LogP contribution in [0.4, 0.5) is 9.93 Å². The molecular formula is C10H17N5O2S. The molecule has 1 saturated heterocycles. The first-order valence-electron chi connectivity index (χ1n) is 5.92. The maximum Gasteiger partial charge on any atom is 0.409 e. The number of nitrogens with zero attached hydrogens (tertiary/aromatic N) is 3. The van der Waals surface area contributed by atoms with Gasteiger partial charge in [0.15, 0.2) is 0 Å². The molecule has 1 aromatic heterocycles. The SMILES string of the molecule is CCOC(=O)N1CC[C@H](NCc2nnc(N)s2)C1. The number of carbonyl (C=O) groups excluding carboxylic acids is 1. The highest BCUT2D eigenvalue weighted by atomic mass is 32.1. The van der Waals surface area contributed by atoms with E-state index < -0.39 is 0 Å². The lowest BCUT2D eigenvalue weighted by Gasteiger charge is -2.15. The molecule has 2 heterocycles. The number of likely N-dealkylation sites (tertiary alicyclic amines) is 1. The number of carbonyl (C=O) groups is 1. The van der Waals surface area contributed by atoms with Gasteiger partial charge in [-0.1, -0.05) is 11.3 Å². The number of hydrogen-bond donors (Lipinski definition) is 2. The molecule has 0 aromatic carbocycles. The van der Waals surface area contributed by atoms with Gasteiger partial charge in [-0.25, -0.2) is 4.79 Å². The normalized spacial score (nSPS) is 19.2. The monoisotopic (exact) mass is 271 g/mol. The standard InChI is InChI=1S/C10H17N5O2S/c1-2-17-10(16)15-4-3-7(6-15)12-5-8-13-14-9(11)18-8/h7,12H,2-6H2,1H3,(H2,11,14)/t7-/m0/s1. The van der Waals surface area contributed by atoms with Gasteiger partial charge in [0, 0.05) is 19.1 Å². The van der Waals surface area contributed by atoms with Crippen molar-refractivity contribution in [1.82, 2.24) is 20.4 Å². The summed E-state index contributed by atoms with van der Waals surface area (Å²) in [5, 5.41) is 12.4. The van der Waals surface area contributed by atoms with E-state index in [1.54, 1.807) is 4.90 Å². The van der Waals surface area contributed by atoms with Crippen molar-refractivity contribution >= 4 is 22.6 Å². The maximum absolute atomic E-state index is 11.5. The van der Waals surface area contributed by atoms with Gasteiger partial charge in [0.2, 0.25) is 5.13 Å². The molecule has 100 valence electrons. The summed E-state index contributed by atoms with van der Waals surface area (Å²) in [5.74, 6) is 0. The van der Waals surface area contributed by atoms with Crippen LogP contribution in [-0.2, 0) is 11.3 Å². The summed E-state index contributed by atoms with van der Waals surface area (Å²) in [7, 11) is 0. The van der Waals surface area contributed by atoms with Crippen molar-refractivity contribution < 1.29 is 9.53 Å². The molecule has 1 aliphatic rings. The Labute approximate surface area is 109 Å². The number of aromatic nitrogens is 2. The lowest BCUT2D eigenvalue weighted by atomic mass is 10.3. The Morgan fingerprint density at radius 2 is 2.50 bits per heavy atom. The minimum absolute atomic E-state index is 0.234. The summed E-state index contributed by atoms with van der Waals surface area (Å²) >= 11 is 1.37. The molecule has 0 bridgehead atoms. The highest BCUT2D eigenvalue weighted by Crippen LogP contribution is 2.14. The molecule has 3 N–H and O–H groups in total. The van der Waals surface area contributed by atoms with Crippen LogP contribution in [-0.4, -0.2) is 46.9 Å². The third kappa shape index (κ3) is 3.30. The van der Waals surface area contributed by atoms with Crippen LogP contribution in [0.2, 0.25) is 0 Å². The fraction of sp³-hybridized carbons (Fsp3) is 0.700. The highest BCUT2D eigenvalue weighted by Gasteiger charge is 2.26. The van der Waals surface area contributed by atoms with E-state index in [0.29, 0.717) is 24.8 Å². The van der Waals surface area contributed by atoms with Crippen LogP contribution in [0.1, 0.15) is 18.4 Å². The van der Waals surface area contributed by atoms with Crippen LogP contribution >= 0.6 is 11.3 Å². The van der Waals surface area contributed by atoms with Crippen molar-refractivity contribution in [2.24, 2.45) is 0 Å². The molecule has 1 aliphatic heterocycles. The van der Waals surface area contributed by atoms with Crippen LogP contribution in [0.15, 0.2) is 0 Å². The van der Waals surface area contributed by atoms with E-state index in [1.807, 2.05) is 6.92 Å². The Hall–Kier alpha value is -1.41. The van der Waals surface area contributed by atoms with Gasteiger partial charge in [0.1, 0.15) is 5.01 Å². The second-order valence-electron chi connectivity index (χ2n) is 4.05. The van der Waals surface area contributed by atoms with Gasteiger partial charge in [-0.15, -0.1) is 10.2 Å². The van der Waals surface area contributed by atoms with Crippen LogP contribution in [0.5, 0.6) is 0 Å². The Balaban J connectivity index is 1.74. The third-order valence-electron chi connectivity index (χ3n) is 2.74. The summed E-state index contributed by atoms with van der Waals surface area (Å²) in [6, 6.07) is 0.277. The first kappa shape index (κ1) is 13.0. The number of hydrogen-bond acceptors (Lipinski definition) is 7. The van der Waals surface area contributed by atoms with Gasteiger partial charge in [-0.2, -0.15) is 0 Å². The van der Waals surface area contributed by atoms with Crippen molar-refractivity contribution in [2.75, 3.05) is 25.4 Å². The summed E-state index contributed by atoms with van der Waals surface area (Å²) in [6.45, 7) is 4.26. The molecule has 2 rings (SSSR count). The van der Waals surface area contributed by atoms with Gasteiger partial charge < -0.3 is 20.7 Å². The van der Waals surface area contributed by atoms with Gasteiger partial charge >= 0.3 is 6.09 Å². The van der Waals surface area contributed by atoms with E-state index in [4.69, 9.17) is 10.5 Å². The zero-order valence-electron chi connectivity index (χ0n) is 10.3. The molecule has 1 amide bonds. The molecular weight excluding hydrogens is 254 g/mol. The second-order valence-corrected chi connectivity index (χ2v) is 5.14. The number of nitrogens with two attached hydrogens (primary N) is 1. The molecule has 18 heavy (non-hydrogen) atoms. The first-order chi connectivity index (χ1) is 8.69. The van der Waals surface area contributed by atoms with Gasteiger partial charge in [0.25, 0.3) is 0 Å². The zero-order chi connectivity index (χ0) is 13.0. The van der Waals surface area contributed by atoms with Crippen molar-refractivity contribution in [2.45, 2.75) is 25.9 Å². The third-order valence-corrected chi connectivity index (χ3v) is 3.49. The minimum Gasteiger partial charge on any atom is -0.450 e. The molecule has 1 aromatic rings. The summed E-state index contributed by atoms with van der Waals surface area (Å²) in [5.41, 5.74) is 5.51. The Morgan fingerprint density at radius 3 is 3.17 bits per heavy atom. The van der Waals surface area contributed by atoms with Crippen LogP contribution in [0, 0.1) is 0 Å². The molecule has 1 atom stereocenters. The molecule has 0 radical (unpaired) electrons. The minimum atomic E-state index is -0.234. The lowest BCUT2D eigenvalue weighted by molar-refractivity contribution is 0.115. The number of anilines is 1. The fourth-order valence-electron chi connectivity index (χ4n) is 1.88. The zero-order valence-corrected chi connectivity index (χ0v) is 11.1. The molecule has 7 nitrogen and oxygen atoms in total. The van der Waals surface area contributed by atoms with E-state index in [0.717, 1.165) is 18.0 Å². The highest BCUT2D eigenvalue weighted by molar-refractivity contribution is 7.15. The smallest absolute Gasteiger partial charge is 0.409 e. The molecule has 0 saturated carbocycles. The van der Waals surface area contributed by atoms with Crippen LogP contribution < -0.4 is 11.1 Å². The quantitative estimate of drug-likeness (QED) is 0.825. The number of nitrogen functional groups attached to an aromatic ring is 1. The average molecular weight is 271 g/mol. The van der Waals surface area contributed by atoms with E-state index in [9.17, 15) is 4.79 Å². The number of amides is 1. The fourth-order valence-corrected chi connectivity index (χ4v) is 2.44. The van der Waals surface area contributed by atoms with Crippen LogP contribution in [0.3, 0.4) is 0 Å². The van der Waals surface area contributed by atoms with E-state index >= 15 is 0 Å². The number of rotatable bonds is 4. The predicted molar refractivity (Wildman–Crippen MR) is 68.2 cm³/mol. The number of ether oxygens (including phenoxy) is 1. The average Bonchev–Trinajstić information content (AvgIpc) is 2.95. The largest absolute Gasteiger partial charge is 0.450 e. The summed E-state index contributed by atoms with van der Waals surface area (Å²) in [6.07, 6.45) is 0.689. The lowest BCUT2D eigenvalue weighted by Crippen LogP contribution is -2.35. The summed E-state index contributed by atoms with van der Waals surface area (Å²) in [4.78, 5) is 13.2. The second kappa shape index (κ2) is 5.96. The summed E-state index contributed by atoms with van der Waals surface area (Å²) < 4.78 is 4.96. The van der Waals surface area contributed by atoms with E-state index in [1.165, 1.54) is 11.3 Å². The molecule has 0 spiro atoms. The van der Waals surface area contributed by atoms with Crippen molar-refractivity contribution in [3.8, 4) is 0 Å². The molecule has 0 aliphatic carbocycles. The van der Waals surface area contributed by atoms with Crippen molar-refractivity contribution in [1.29, 1.82) is 0 Å². The Morgan fingerprint density at radius 1 is 1.67 bits per heavy atom. The maximum atomic E-state index is 11.5. The Kier molecular flexibility index (Phi) is 4.32. The van der Waals surface area contributed by atoms with Gasteiger partial charge in [-0.05, 0) is 13.3 Å². The number of nitrogens with one attached hydrogen (secondary N) is 1. The molecule has 8 heteroatoms. The van der Waals surface area contributed by atoms with Crippen molar-refractivity contribution in [3.05, 3.63) is 5.01 Å². The van der Waals surface area contributed by atoms with Gasteiger partial charge in [-0.3, -0.25) is 0 Å².